The van der Waals surface area contributed by atoms with Crippen molar-refractivity contribution in [1.82, 2.24) is 5.32 Å². The lowest BCUT2D eigenvalue weighted by molar-refractivity contribution is -0.122. The quantitative estimate of drug-likeness (QED) is 0.382. The van der Waals surface area contributed by atoms with Gasteiger partial charge < -0.3 is 16.8 Å². The number of hydrogen-bond donors (Lipinski definition) is 3. The van der Waals surface area contributed by atoms with Crippen LogP contribution in [-0.4, -0.2) is 25.0 Å². The Labute approximate surface area is 137 Å². The Morgan fingerprint density at radius 2 is 1.32 bits per heavy atom. The number of hydrogen-bond acceptors (Lipinski definition) is 3. The molecule has 0 fully saturated rings. The molecule has 0 spiro atoms. The van der Waals surface area contributed by atoms with Gasteiger partial charge in [0.25, 0.3) is 0 Å². The molecule has 132 valence electrons. The maximum Gasteiger partial charge on any atom is 0.236 e. The van der Waals surface area contributed by atoms with Crippen LogP contribution in [0.4, 0.5) is 0 Å². The van der Waals surface area contributed by atoms with E-state index in [2.05, 4.69) is 12.2 Å². The third kappa shape index (κ3) is 14.3. The minimum atomic E-state index is -0.442. The van der Waals surface area contributed by atoms with Gasteiger partial charge in [0.1, 0.15) is 0 Å². The van der Waals surface area contributed by atoms with Crippen LogP contribution in [0.15, 0.2) is 0 Å². The van der Waals surface area contributed by atoms with E-state index in [9.17, 15) is 4.79 Å². The molecule has 0 saturated carbocycles. The number of unbranched alkanes of at least 4 members (excludes halogenated alkanes) is 11. The molecule has 0 aromatic carbocycles. The lowest BCUT2D eigenvalue weighted by Crippen LogP contribution is -2.42. The van der Waals surface area contributed by atoms with Crippen molar-refractivity contribution in [2.24, 2.45) is 11.5 Å². The van der Waals surface area contributed by atoms with Crippen LogP contribution in [0.2, 0.25) is 0 Å². The highest BCUT2D eigenvalue weighted by atomic mass is 16.2. The van der Waals surface area contributed by atoms with Gasteiger partial charge in [0, 0.05) is 6.54 Å². The van der Waals surface area contributed by atoms with Crippen molar-refractivity contribution in [1.29, 1.82) is 0 Å². The molecule has 0 aliphatic heterocycles. The van der Waals surface area contributed by atoms with E-state index in [4.69, 9.17) is 11.5 Å². The average molecular weight is 314 g/mol. The van der Waals surface area contributed by atoms with Crippen LogP contribution in [0.3, 0.4) is 0 Å². The molecule has 0 radical (unpaired) electrons. The molecule has 0 heterocycles. The molecule has 0 saturated heterocycles. The minimum absolute atomic E-state index is 0.0616. The van der Waals surface area contributed by atoms with Crippen molar-refractivity contribution in [3.05, 3.63) is 0 Å². The summed E-state index contributed by atoms with van der Waals surface area (Å²) < 4.78 is 0. The summed E-state index contributed by atoms with van der Waals surface area (Å²) in [6.45, 7) is 3.47. The van der Waals surface area contributed by atoms with Crippen molar-refractivity contribution < 1.29 is 4.79 Å². The van der Waals surface area contributed by atoms with Crippen LogP contribution < -0.4 is 16.8 Å². The summed E-state index contributed by atoms with van der Waals surface area (Å²) in [6.07, 6.45) is 16.5. The van der Waals surface area contributed by atoms with Gasteiger partial charge >= 0.3 is 0 Å². The van der Waals surface area contributed by atoms with Gasteiger partial charge in [-0.25, -0.2) is 0 Å². The number of nitrogens with two attached hydrogens (primary N) is 2. The maximum atomic E-state index is 11.5. The third-order valence-corrected chi connectivity index (χ3v) is 4.14. The predicted molar refractivity (Wildman–Crippen MR) is 95.7 cm³/mol. The van der Waals surface area contributed by atoms with Gasteiger partial charge in [-0.05, 0) is 19.4 Å². The Balaban J connectivity index is 3.16. The number of carbonyl (C=O) groups excluding carboxylic acids is 1. The van der Waals surface area contributed by atoms with Crippen LogP contribution in [0.25, 0.3) is 0 Å². The highest BCUT2D eigenvalue weighted by molar-refractivity contribution is 5.81. The van der Waals surface area contributed by atoms with E-state index in [1.54, 1.807) is 0 Å². The zero-order valence-electron chi connectivity index (χ0n) is 14.7. The monoisotopic (exact) mass is 313 g/mol. The van der Waals surface area contributed by atoms with Crippen molar-refractivity contribution >= 4 is 5.91 Å². The first-order valence-corrected chi connectivity index (χ1v) is 9.45. The standard InChI is InChI=1S/C18H39N3O/c1-2-3-4-5-6-7-8-9-10-11-12-13-16-21-18(22)17(20)14-15-19/h17H,2-16,19-20H2,1H3,(H,21,22)/t17-/m0/s1. The van der Waals surface area contributed by atoms with Crippen LogP contribution >= 0.6 is 0 Å². The molecule has 0 aliphatic rings. The number of carbonyl (C=O) groups is 1. The summed E-state index contributed by atoms with van der Waals surface area (Å²) >= 11 is 0. The molecule has 4 nitrogen and oxygen atoms in total. The third-order valence-electron chi connectivity index (χ3n) is 4.14. The smallest absolute Gasteiger partial charge is 0.236 e. The fraction of sp³-hybridized carbons (Fsp3) is 0.944. The van der Waals surface area contributed by atoms with E-state index in [0.717, 1.165) is 13.0 Å². The molecular weight excluding hydrogens is 274 g/mol. The van der Waals surface area contributed by atoms with Gasteiger partial charge in [0.2, 0.25) is 5.91 Å². The van der Waals surface area contributed by atoms with E-state index in [0.29, 0.717) is 13.0 Å². The van der Waals surface area contributed by atoms with E-state index >= 15 is 0 Å². The minimum Gasteiger partial charge on any atom is -0.355 e. The summed E-state index contributed by atoms with van der Waals surface area (Å²) in [4.78, 5) is 11.5. The van der Waals surface area contributed by atoms with E-state index in [1.807, 2.05) is 0 Å². The number of amides is 1. The van der Waals surface area contributed by atoms with Crippen molar-refractivity contribution in [3.8, 4) is 0 Å². The van der Waals surface area contributed by atoms with Crippen molar-refractivity contribution in [2.45, 2.75) is 96.4 Å². The molecule has 1 amide bonds. The Morgan fingerprint density at radius 1 is 0.864 bits per heavy atom. The first kappa shape index (κ1) is 21.4. The Morgan fingerprint density at radius 3 is 1.77 bits per heavy atom. The first-order valence-electron chi connectivity index (χ1n) is 9.45. The summed E-state index contributed by atoms with van der Waals surface area (Å²) in [5.41, 5.74) is 11.1. The normalized spacial score (nSPS) is 12.3. The molecule has 4 heteroatoms. The van der Waals surface area contributed by atoms with Crippen molar-refractivity contribution in [2.75, 3.05) is 13.1 Å². The Kier molecular flexibility index (Phi) is 16.3. The molecule has 0 aromatic heterocycles. The van der Waals surface area contributed by atoms with Gasteiger partial charge in [0.05, 0.1) is 6.04 Å². The molecule has 0 rings (SSSR count). The van der Waals surface area contributed by atoms with Gasteiger partial charge in [-0.3, -0.25) is 4.79 Å². The van der Waals surface area contributed by atoms with E-state index in [-0.39, 0.29) is 5.91 Å². The van der Waals surface area contributed by atoms with Crippen LogP contribution in [0.1, 0.15) is 90.4 Å². The Bertz CT molecular complexity index is 246. The average Bonchev–Trinajstić information content (AvgIpc) is 2.51. The van der Waals surface area contributed by atoms with Crippen LogP contribution in [0.5, 0.6) is 0 Å². The highest BCUT2D eigenvalue weighted by Gasteiger charge is 2.10. The zero-order valence-corrected chi connectivity index (χ0v) is 14.7. The largest absolute Gasteiger partial charge is 0.355 e. The van der Waals surface area contributed by atoms with E-state index < -0.39 is 6.04 Å². The number of rotatable bonds is 16. The van der Waals surface area contributed by atoms with Crippen molar-refractivity contribution in [3.63, 3.8) is 0 Å². The first-order chi connectivity index (χ1) is 10.7. The summed E-state index contributed by atoms with van der Waals surface area (Å²) in [5.74, 6) is -0.0616. The second-order valence-electron chi connectivity index (χ2n) is 6.36. The SMILES string of the molecule is CCCCCCCCCCCCCCNC(=O)[C@@H](N)CCN. The van der Waals surface area contributed by atoms with Crippen LogP contribution in [-0.2, 0) is 4.79 Å². The predicted octanol–water partition coefficient (Wildman–Crippen LogP) is 3.48. The lowest BCUT2D eigenvalue weighted by atomic mass is 10.1. The number of nitrogens with one attached hydrogen (secondary N) is 1. The second-order valence-corrected chi connectivity index (χ2v) is 6.36. The fourth-order valence-electron chi connectivity index (χ4n) is 2.62. The molecule has 0 bridgehead atoms. The molecule has 0 unspecified atom stereocenters. The highest BCUT2D eigenvalue weighted by Crippen LogP contribution is 2.11. The lowest BCUT2D eigenvalue weighted by Gasteiger charge is -2.10. The zero-order chi connectivity index (χ0) is 16.5. The fourth-order valence-corrected chi connectivity index (χ4v) is 2.62. The molecule has 22 heavy (non-hydrogen) atoms. The molecular formula is C18H39N3O. The van der Waals surface area contributed by atoms with Crippen LogP contribution in [0, 0.1) is 0 Å². The van der Waals surface area contributed by atoms with Gasteiger partial charge in [-0.1, -0.05) is 77.6 Å². The molecule has 0 aromatic rings. The second kappa shape index (κ2) is 16.8. The van der Waals surface area contributed by atoms with Gasteiger partial charge in [0.15, 0.2) is 0 Å². The molecule has 5 N–H and O–H groups in total. The summed E-state index contributed by atoms with van der Waals surface area (Å²) in [5, 5.41) is 2.88. The maximum absolute atomic E-state index is 11.5. The van der Waals surface area contributed by atoms with E-state index in [1.165, 1.54) is 70.6 Å². The molecule has 0 aliphatic carbocycles. The summed E-state index contributed by atoms with van der Waals surface area (Å²) in [7, 11) is 0. The van der Waals surface area contributed by atoms with Gasteiger partial charge in [-0.15, -0.1) is 0 Å². The van der Waals surface area contributed by atoms with Gasteiger partial charge in [-0.2, -0.15) is 0 Å². The summed E-state index contributed by atoms with van der Waals surface area (Å²) in [6, 6.07) is -0.442. The topological polar surface area (TPSA) is 81.1 Å². The Hall–Kier alpha value is -0.610. The molecule has 1 atom stereocenters.